The molecule has 0 bridgehead atoms. The van der Waals surface area contributed by atoms with Crippen LogP contribution in [0.1, 0.15) is 51.3 Å². The number of hydrogen-bond acceptors (Lipinski definition) is 8. The predicted octanol–water partition coefficient (Wildman–Crippen LogP) is 5.24. The van der Waals surface area contributed by atoms with Gasteiger partial charge in [0.25, 0.3) is 0 Å². The van der Waals surface area contributed by atoms with Crippen LogP contribution in [-0.2, 0) is 25.5 Å². The summed E-state index contributed by atoms with van der Waals surface area (Å²) in [6.07, 6.45) is -2.90. The Morgan fingerprint density at radius 2 is 1.87 bits per heavy atom. The molecule has 3 rings (SSSR count). The fraction of sp³-hybridized carbons (Fsp3) is 0.385. The Morgan fingerprint density at radius 1 is 1.18 bits per heavy atom. The number of anilines is 2. The zero-order valence-corrected chi connectivity index (χ0v) is 22.5. The average Bonchev–Trinajstić information content (AvgIpc) is 2.81. The number of Topliss-reactive ketones (excluding diaryl/α,β-unsaturated/α-hetero) is 1. The number of sulfone groups is 1. The topological polar surface area (TPSA) is 129 Å². The standard InChI is InChI=1S/C26H27F3N4O5S/c1-25(2,3)38-24(35)33(20-9-8-16(14-30)12-22(20)39(4,36)37)15-18-19(6-5-7-21(18)34)32-17-10-11-31-23(13-17)26(27,28)29/h8-13H,5-7,15H2,1-4H3,(H,31,32). The van der Waals surface area contributed by atoms with Crippen molar-refractivity contribution in [3.05, 3.63) is 59.1 Å². The van der Waals surface area contributed by atoms with Gasteiger partial charge in [0.1, 0.15) is 11.3 Å². The third-order valence-electron chi connectivity index (χ3n) is 5.59. The highest BCUT2D eigenvalue weighted by Gasteiger charge is 2.34. The molecule has 1 aliphatic rings. The number of rotatable bonds is 6. The number of benzene rings is 1. The predicted molar refractivity (Wildman–Crippen MR) is 137 cm³/mol. The molecule has 0 unspecified atom stereocenters. The van der Waals surface area contributed by atoms with E-state index in [0.29, 0.717) is 12.8 Å². The number of ether oxygens (including phenoxy) is 1. The summed E-state index contributed by atoms with van der Waals surface area (Å²) >= 11 is 0. The van der Waals surface area contributed by atoms with Crippen LogP contribution in [0.25, 0.3) is 0 Å². The van der Waals surface area contributed by atoms with Gasteiger partial charge in [-0.3, -0.25) is 14.7 Å². The highest BCUT2D eigenvalue weighted by atomic mass is 32.2. The molecule has 1 N–H and O–H groups in total. The zero-order valence-electron chi connectivity index (χ0n) is 21.7. The van der Waals surface area contributed by atoms with Crippen LogP contribution >= 0.6 is 0 Å². The van der Waals surface area contributed by atoms with Crippen LogP contribution in [0, 0.1) is 11.3 Å². The van der Waals surface area contributed by atoms with Gasteiger partial charge in [-0.25, -0.2) is 13.2 Å². The molecule has 0 spiro atoms. The van der Waals surface area contributed by atoms with E-state index in [2.05, 4.69) is 10.3 Å². The maximum atomic E-state index is 13.3. The number of ketones is 1. The van der Waals surface area contributed by atoms with Gasteiger partial charge in [0.05, 0.1) is 28.8 Å². The molecular weight excluding hydrogens is 537 g/mol. The van der Waals surface area contributed by atoms with E-state index < -0.39 is 39.9 Å². The fourth-order valence-electron chi connectivity index (χ4n) is 3.88. The van der Waals surface area contributed by atoms with Gasteiger partial charge in [-0.05, 0) is 63.9 Å². The summed E-state index contributed by atoms with van der Waals surface area (Å²) in [5.74, 6) is -0.364. The molecule has 0 radical (unpaired) electrons. The number of halogens is 3. The van der Waals surface area contributed by atoms with Crippen molar-refractivity contribution in [2.45, 2.75) is 56.7 Å². The Kier molecular flexibility index (Phi) is 8.40. The minimum atomic E-state index is -4.68. The van der Waals surface area contributed by atoms with Crippen LogP contribution in [0.2, 0.25) is 0 Å². The average molecular weight is 565 g/mol. The summed E-state index contributed by atoms with van der Waals surface area (Å²) in [6, 6.07) is 7.69. The summed E-state index contributed by atoms with van der Waals surface area (Å²) in [7, 11) is -3.95. The van der Waals surface area contributed by atoms with Gasteiger partial charge in [0.15, 0.2) is 15.6 Å². The molecule has 2 aromatic rings. The third-order valence-corrected chi connectivity index (χ3v) is 6.71. The first-order valence-electron chi connectivity index (χ1n) is 11.8. The number of aromatic nitrogens is 1. The Morgan fingerprint density at radius 3 is 2.46 bits per heavy atom. The molecule has 1 heterocycles. The number of hydrogen-bond donors (Lipinski definition) is 1. The van der Waals surface area contributed by atoms with Crippen molar-refractivity contribution in [1.29, 1.82) is 5.26 Å². The molecule has 0 atom stereocenters. The first kappa shape index (κ1) is 29.6. The Hall–Kier alpha value is -3.92. The van der Waals surface area contributed by atoms with E-state index in [9.17, 15) is 36.4 Å². The van der Waals surface area contributed by atoms with Gasteiger partial charge in [-0.1, -0.05) is 0 Å². The first-order valence-corrected chi connectivity index (χ1v) is 13.7. The summed E-state index contributed by atoms with van der Waals surface area (Å²) in [5.41, 5.74) is -1.77. The van der Waals surface area contributed by atoms with Crippen molar-refractivity contribution >= 4 is 33.1 Å². The lowest BCUT2D eigenvalue weighted by Crippen LogP contribution is -2.40. The Labute approximate surface area is 224 Å². The van der Waals surface area contributed by atoms with Crippen LogP contribution in [0.4, 0.5) is 29.3 Å². The second kappa shape index (κ2) is 11.1. The van der Waals surface area contributed by atoms with Crippen LogP contribution in [0.3, 0.4) is 0 Å². The maximum Gasteiger partial charge on any atom is 0.433 e. The molecule has 0 aliphatic heterocycles. The molecule has 0 saturated carbocycles. The van der Waals surface area contributed by atoms with Gasteiger partial charge < -0.3 is 10.1 Å². The molecule has 0 fully saturated rings. The third kappa shape index (κ3) is 7.57. The highest BCUT2D eigenvalue weighted by Crippen LogP contribution is 2.33. The number of carbonyl (C=O) groups is 2. The molecular formula is C26H27F3N4O5S. The van der Waals surface area contributed by atoms with E-state index in [1.165, 1.54) is 18.2 Å². The minimum absolute atomic E-state index is 0.0387. The molecule has 0 saturated heterocycles. The van der Waals surface area contributed by atoms with Crippen molar-refractivity contribution in [1.82, 2.24) is 4.98 Å². The van der Waals surface area contributed by atoms with Crippen LogP contribution in [-0.4, -0.2) is 43.7 Å². The summed E-state index contributed by atoms with van der Waals surface area (Å²) in [5, 5.41) is 12.1. The molecule has 1 aliphatic carbocycles. The van der Waals surface area contributed by atoms with E-state index in [1.807, 2.05) is 6.07 Å². The maximum absolute atomic E-state index is 13.3. The number of nitrogens with one attached hydrogen (secondary N) is 1. The number of alkyl halides is 3. The minimum Gasteiger partial charge on any atom is -0.443 e. The molecule has 208 valence electrons. The van der Waals surface area contributed by atoms with Crippen molar-refractivity contribution in [2.75, 3.05) is 23.0 Å². The van der Waals surface area contributed by atoms with E-state index >= 15 is 0 Å². The van der Waals surface area contributed by atoms with Gasteiger partial charge in [0, 0.05) is 35.8 Å². The lowest BCUT2D eigenvalue weighted by molar-refractivity contribution is -0.141. The van der Waals surface area contributed by atoms with E-state index in [-0.39, 0.29) is 45.3 Å². The van der Waals surface area contributed by atoms with E-state index in [1.54, 1.807) is 20.8 Å². The van der Waals surface area contributed by atoms with Crippen molar-refractivity contribution in [3.63, 3.8) is 0 Å². The summed E-state index contributed by atoms with van der Waals surface area (Å²) in [4.78, 5) is 30.4. The fourth-order valence-corrected chi connectivity index (χ4v) is 4.78. The highest BCUT2D eigenvalue weighted by molar-refractivity contribution is 7.90. The Balaban J connectivity index is 2.14. The quantitative estimate of drug-likeness (QED) is 0.505. The van der Waals surface area contributed by atoms with Crippen molar-refractivity contribution < 1.29 is 35.9 Å². The largest absolute Gasteiger partial charge is 0.443 e. The normalized spacial score (nSPS) is 14.6. The SMILES string of the molecule is CC(C)(C)OC(=O)N(CC1=C(Nc2ccnc(C(F)(F)F)c2)CCCC1=O)c1ccc(C#N)cc1S(C)(=O)=O. The lowest BCUT2D eigenvalue weighted by Gasteiger charge is -2.31. The summed E-state index contributed by atoms with van der Waals surface area (Å²) in [6.45, 7) is 4.40. The Bertz CT molecular complexity index is 1470. The lowest BCUT2D eigenvalue weighted by atomic mass is 9.94. The summed E-state index contributed by atoms with van der Waals surface area (Å²) < 4.78 is 70.3. The van der Waals surface area contributed by atoms with Gasteiger partial charge in [-0.15, -0.1) is 0 Å². The molecule has 9 nitrogen and oxygen atoms in total. The van der Waals surface area contributed by atoms with Crippen LogP contribution in [0.5, 0.6) is 0 Å². The van der Waals surface area contributed by atoms with Gasteiger partial charge in [-0.2, -0.15) is 18.4 Å². The molecule has 39 heavy (non-hydrogen) atoms. The number of allylic oxidation sites excluding steroid dienone is 1. The van der Waals surface area contributed by atoms with Gasteiger partial charge >= 0.3 is 12.3 Å². The molecule has 1 aromatic carbocycles. The van der Waals surface area contributed by atoms with Crippen molar-refractivity contribution in [3.8, 4) is 6.07 Å². The monoisotopic (exact) mass is 564 g/mol. The molecule has 1 aromatic heterocycles. The second-order valence-electron chi connectivity index (χ2n) is 9.92. The smallest absolute Gasteiger partial charge is 0.433 e. The van der Waals surface area contributed by atoms with Gasteiger partial charge in [0.2, 0.25) is 0 Å². The van der Waals surface area contributed by atoms with Crippen LogP contribution < -0.4 is 10.2 Å². The first-order chi connectivity index (χ1) is 18.0. The zero-order chi connectivity index (χ0) is 29.2. The number of nitrogens with zero attached hydrogens (tertiary/aromatic N) is 3. The molecule has 1 amide bonds. The molecule has 13 heteroatoms. The number of amides is 1. The number of carbonyl (C=O) groups excluding carboxylic acids is 2. The number of pyridine rings is 1. The van der Waals surface area contributed by atoms with Crippen LogP contribution in [0.15, 0.2) is 52.7 Å². The van der Waals surface area contributed by atoms with E-state index in [0.717, 1.165) is 29.5 Å². The number of nitriles is 1. The second-order valence-corrected chi connectivity index (χ2v) is 11.9. The van der Waals surface area contributed by atoms with E-state index in [4.69, 9.17) is 4.74 Å². The van der Waals surface area contributed by atoms with Crippen molar-refractivity contribution in [2.24, 2.45) is 0 Å².